The number of benzene rings is 1. The molecule has 1 heterocycles. The van der Waals surface area contributed by atoms with Gasteiger partial charge in [0.05, 0.1) is 0 Å². The first-order valence-electron chi connectivity index (χ1n) is 5.12. The first-order valence-corrected chi connectivity index (χ1v) is 5.12. The number of hydrogen-bond acceptors (Lipinski definition) is 3. The zero-order chi connectivity index (χ0) is 10.5. The predicted octanol–water partition coefficient (Wildman–Crippen LogP) is 1.23. The number of rotatable bonds is 2. The highest BCUT2D eigenvalue weighted by Crippen LogP contribution is 2.14. The van der Waals surface area contributed by atoms with Gasteiger partial charge in [0.2, 0.25) is 0 Å². The fraction of sp³-hybridized carbons (Fsp3) is 0.364. The van der Waals surface area contributed by atoms with Crippen LogP contribution >= 0.6 is 0 Å². The second kappa shape index (κ2) is 4.68. The zero-order valence-corrected chi connectivity index (χ0v) is 8.58. The van der Waals surface area contributed by atoms with Crippen molar-refractivity contribution in [2.45, 2.75) is 0 Å². The lowest BCUT2D eigenvalue weighted by molar-refractivity contribution is 0.302. The molecule has 0 unspecified atom stereocenters. The normalized spacial score (nSPS) is 17.3. The van der Waals surface area contributed by atoms with Crippen LogP contribution in [0.25, 0.3) is 0 Å². The van der Waals surface area contributed by atoms with Crippen LogP contribution in [0.2, 0.25) is 0 Å². The first kappa shape index (κ1) is 9.83. The fourth-order valence-corrected chi connectivity index (χ4v) is 1.81. The van der Waals surface area contributed by atoms with Crippen molar-refractivity contribution in [1.29, 1.82) is 0 Å². The van der Waals surface area contributed by atoms with Crippen molar-refractivity contribution in [3.8, 4) is 0 Å². The summed E-state index contributed by atoms with van der Waals surface area (Å²) >= 11 is 0. The van der Waals surface area contributed by atoms with Gasteiger partial charge in [0, 0.05) is 31.9 Å². The summed E-state index contributed by atoms with van der Waals surface area (Å²) in [5.41, 5.74) is 1.26. The molecule has 0 aliphatic carbocycles. The average molecular weight is 205 g/mol. The number of oxime groups is 1. The molecule has 1 fully saturated rings. The third kappa shape index (κ3) is 2.40. The molecule has 1 saturated heterocycles. The van der Waals surface area contributed by atoms with Gasteiger partial charge < -0.3 is 15.0 Å². The Morgan fingerprint density at radius 2 is 1.73 bits per heavy atom. The van der Waals surface area contributed by atoms with Gasteiger partial charge >= 0.3 is 0 Å². The van der Waals surface area contributed by atoms with E-state index in [0.717, 1.165) is 26.2 Å². The molecule has 0 aromatic heterocycles. The molecule has 0 amide bonds. The molecule has 0 bridgehead atoms. The summed E-state index contributed by atoms with van der Waals surface area (Å²) < 4.78 is 0. The van der Waals surface area contributed by atoms with Crippen LogP contribution < -0.4 is 4.90 Å². The van der Waals surface area contributed by atoms with E-state index in [9.17, 15) is 0 Å². The first-order chi connectivity index (χ1) is 7.40. The van der Waals surface area contributed by atoms with Crippen molar-refractivity contribution < 1.29 is 5.21 Å². The van der Waals surface area contributed by atoms with Crippen molar-refractivity contribution >= 4 is 12.0 Å². The predicted molar refractivity (Wildman–Crippen MR) is 60.5 cm³/mol. The number of piperazine rings is 1. The Morgan fingerprint density at radius 1 is 1.07 bits per heavy atom. The topological polar surface area (TPSA) is 39.1 Å². The standard InChI is InChI=1S/C11H15N3O/c15-12-10-13-6-8-14(9-7-13)11-4-2-1-3-5-11/h1-5,10,15H,6-9H2. The van der Waals surface area contributed by atoms with E-state index >= 15 is 0 Å². The van der Waals surface area contributed by atoms with Crippen LogP contribution in [0.1, 0.15) is 0 Å². The van der Waals surface area contributed by atoms with Gasteiger partial charge in [-0.2, -0.15) is 0 Å². The number of anilines is 1. The van der Waals surface area contributed by atoms with Gasteiger partial charge in [0.15, 0.2) is 0 Å². The summed E-state index contributed by atoms with van der Waals surface area (Å²) in [5.74, 6) is 0. The lowest BCUT2D eigenvalue weighted by Crippen LogP contribution is -2.45. The van der Waals surface area contributed by atoms with Crippen molar-refractivity contribution in [3.05, 3.63) is 30.3 Å². The summed E-state index contributed by atoms with van der Waals surface area (Å²) in [6.45, 7) is 3.74. The summed E-state index contributed by atoms with van der Waals surface area (Å²) in [7, 11) is 0. The fourth-order valence-electron chi connectivity index (χ4n) is 1.81. The molecule has 4 nitrogen and oxygen atoms in total. The average Bonchev–Trinajstić information content (AvgIpc) is 2.32. The van der Waals surface area contributed by atoms with E-state index < -0.39 is 0 Å². The van der Waals surface area contributed by atoms with Gasteiger partial charge in [-0.15, -0.1) is 0 Å². The smallest absolute Gasteiger partial charge is 0.130 e. The van der Waals surface area contributed by atoms with Crippen LogP contribution in [0.4, 0.5) is 5.69 Å². The minimum absolute atomic E-state index is 0.902. The lowest BCUT2D eigenvalue weighted by Gasteiger charge is -2.34. The van der Waals surface area contributed by atoms with Crippen LogP contribution in [0, 0.1) is 0 Å². The molecule has 1 N–H and O–H groups in total. The Morgan fingerprint density at radius 3 is 2.33 bits per heavy atom. The number of hydrogen-bond donors (Lipinski definition) is 1. The molecule has 1 aliphatic heterocycles. The molecule has 2 rings (SSSR count). The third-order valence-corrected chi connectivity index (χ3v) is 2.65. The van der Waals surface area contributed by atoms with Gasteiger partial charge in [-0.1, -0.05) is 23.4 Å². The van der Waals surface area contributed by atoms with Gasteiger partial charge in [0.25, 0.3) is 0 Å². The van der Waals surface area contributed by atoms with E-state index in [1.165, 1.54) is 12.0 Å². The van der Waals surface area contributed by atoms with Crippen molar-refractivity contribution in [1.82, 2.24) is 4.90 Å². The van der Waals surface area contributed by atoms with Gasteiger partial charge in [-0.05, 0) is 12.1 Å². The van der Waals surface area contributed by atoms with E-state index in [4.69, 9.17) is 5.21 Å². The molecular formula is C11H15N3O. The Balaban J connectivity index is 1.94. The minimum Gasteiger partial charge on any atom is -0.410 e. The highest BCUT2D eigenvalue weighted by Gasteiger charge is 2.14. The van der Waals surface area contributed by atoms with Crippen molar-refractivity contribution in [2.75, 3.05) is 31.1 Å². The molecular weight excluding hydrogens is 190 g/mol. The van der Waals surface area contributed by atoms with E-state index in [0.29, 0.717) is 0 Å². The van der Waals surface area contributed by atoms with Crippen LogP contribution in [-0.4, -0.2) is 42.6 Å². The third-order valence-electron chi connectivity index (χ3n) is 2.65. The Hall–Kier alpha value is -1.71. The maximum atomic E-state index is 8.42. The molecule has 4 heteroatoms. The van der Waals surface area contributed by atoms with Crippen LogP contribution in [-0.2, 0) is 0 Å². The van der Waals surface area contributed by atoms with E-state index in [1.54, 1.807) is 0 Å². The van der Waals surface area contributed by atoms with Gasteiger partial charge in [0.1, 0.15) is 6.34 Å². The second-order valence-corrected chi connectivity index (χ2v) is 3.59. The molecule has 15 heavy (non-hydrogen) atoms. The van der Waals surface area contributed by atoms with Crippen LogP contribution in [0.3, 0.4) is 0 Å². The summed E-state index contributed by atoms with van der Waals surface area (Å²) in [6.07, 6.45) is 1.49. The Kier molecular flexibility index (Phi) is 3.07. The molecule has 0 spiro atoms. The highest BCUT2D eigenvalue weighted by atomic mass is 16.4. The molecule has 1 aliphatic rings. The zero-order valence-electron chi connectivity index (χ0n) is 8.58. The molecule has 0 radical (unpaired) electrons. The lowest BCUT2D eigenvalue weighted by atomic mass is 10.2. The second-order valence-electron chi connectivity index (χ2n) is 3.59. The van der Waals surface area contributed by atoms with Crippen LogP contribution in [0.5, 0.6) is 0 Å². The van der Waals surface area contributed by atoms with Gasteiger partial charge in [-0.25, -0.2) is 0 Å². The SMILES string of the molecule is ON=CN1CCN(c2ccccc2)CC1. The van der Waals surface area contributed by atoms with E-state index in [-0.39, 0.29) is 0 Å². The highest BCUT2D eigenvalue weighted by molar-refractivity contribution is 5.55. The maximum Gasteiger partial charge on any atom is 0.130 e. The summed E-state index contributed by atoms with van der Waals surface area (Å²) in [6, 6.07) is 10.4. The maximum absolute atomic E-state index is 8.42. The summed E-state index contributed by atoms with van der Waals surface area (Å²) in [5, 5.41) is 11.5. The quantitative estimate of drug-likeness (QED) is 0.341. The molecule has 1 aromatic carbocycles. The largest absolute Gasteiger partial charge is 0.410 e. The van der Waals surface area contributed by atoms with Crippen molar-refractivity contribution in [3.63, 3.8) is 0 Å². The van der Waals surface area contributed by atoms with Crippen molar-refractivity contribution in [2.24, 2.45) is 5.16 Å². The summed E-state index contributed by atoms with van der Waals surface area (Å²) in [4.78, 5) is 4.35. The Bertz CT molecular complexity index is 318. The van der Waals surface area contributed by atoms with E-state index in [1.807, 2.05) is 11.0 Å². The molecule has 0 saturated carbocycles. The van der Waals surface area contributed by atoms with Gasteiger partial charge in [-0.3, -0.25) is 0 Å². The molecule has 0 atom stereocenters. The number of para-hydroxylation sites is 1. The van der Waals surface area contributed by atoms with E-state index in [2.05, 4.69) is 34.3 Å². The Labute approximate surface area is 89.4 Å². The van der Waals surface area contributed by atoms with Crippen LogP contribution in [0.15, 0.2) is 35.5 Å². The minimum atomic E-state index is 0.902. The number of nitrogens with zero attached hydrogens (tertiary/aromatic N) is 3. The molecule has 1 aromatic rings. The molecule has 80 valence electrons. The monoisotopic (exact) mass is 205 g/mol.